The molecule has 0 radical (unpaired) electrons. The molecular weight excluding hydrogens is 568 g/mol. The largest absolute Gasteiger partial charge is 0.458 e. The van der Waals surface area contributed by atoms with Crippen LogP contribution >= 0.6 is 0 Å². The average Bonchev–Trinajstić information content (AvgIpc) is 3.90. The number of para-hydroxylation sites is 4. The summed E-state index contributed by atoms with van der Waals surface area (Å²) in [5.74, 6) is 4.59. The van der Waals surface area contributed by atoms with Gasteiger partial charge in [0.25, 0.3) is 0 Å². The number of furan rings is 2. The molecule has 9 rings (SSSR count). The second-order valence-electron chi connectivity index (χ2n) is 11.3. The van der Waals surface area contributed by atoms with Crippen LogP contribution in [0.15, 0.2) is 166 Å². The number of allylic oxidation sites excluding steroid dienone is 4. The molecule has 0 spiro atoms. The van der Waals surface area contributed by atoms with Gasteiger partial charge in [0, 0.05) is 33.7 Å². The van der Waals surface area contributed by atoms with Crippen LogP contribution in [0, 0.1) is 0 Å². The molecule has 5 heteroatoms. The van der Waals surface area contributed by atoms with E-state index in [1.165, 1.54) is 21.5 Å². The van der Waals surface area contributed by atoms with Crippen molar-refractivity contribution in [1.82, 2.24) is 9.13 Å². The highest BCUT2D eigenvalue weighted by molar-refractivity contribution is 6.09. The Labute approximate surface area is 264 Å². The van der Waals surface area contributed by atoms with Crippen LogP contribution in [0.1, 0.15) is 17.9 Å². The molecule has 4 aromatic carbocycles. The number of benzene rings is 4. The summed E-state index contributed by atoms with van der Waals surface area (Å²) < 4.78 is 23.1. The minimum absolute atomic E-state index is 0.751. The third-order valence-electron chi connectivity index (χ3n) is 8.52. The summed E-state index contributed by atoms with van der Waals surface area (Å²) in [5.41, 5.74) is 4.47. The van der Waals surface area contributed by atoms with Gasteiger partial charge in [-0.2, -0.15) is 0 Å². The fourth-order valence-electron chi connectivity index (χ4n) is 6.47. The summed E-state index contributed by atoms with van der Waals surface area (Å²) in [7, 11) is 0. The fraction of sp³-hybridized carbons (Fsp3) is 0.0244. The Balaban J connectivity index is 0.924. The van der Waals surface area contributed by atoms with Crippen molar-refractivity contribution in [3.8, 4) is 11.8 Å². The predicted octanol–water partition coefficient (Wildman–Crippen LogP) is 11.0. The zero-order valence-electron chi connectivity index (χ0n) is 24.8. The van der Waals surface area contributed by atoms with Crippen LogP contribution in [0.5, 0.6) is 0 Å². The lowest BCUT2D eigenvalue weighted by molar-refractivity contribution is 0.327. The van der Waals surface area contributed by atoms with E-state index in [-0.39, 0.29) is 0 Å². The highest BCUT2D eigenvalue weighted by Gasteiger charge is 2.15. The molecule has 1 aliphatic rings. The third-order valence-corrected chi connectivity index (χ3v) is 8.52. The fourth-order valence-corrected chi connectivity index (χ4v) is 6.47. The minimum Gasteiger partial charge on any atom is -0.458 e. The van der Waals surface area contributed by atoms with Crippen LogP contribution in [0.4, 0.5) is 0 Å². The van der Waals surface area contributed by atoms with Gasteiger partial charge in [0.2, 0.25) is 11.8 Å². The molecule has 0 saturated heterocycles. The molecule has 8 aromatic rings. The topological polar surface area (TPSA) is 45.4 Å². The van der Waals surface area contributed by atoms with Crippen molar-refractivity contribution in [1.29, 1.82) is 0 Å². The SMILES string of the molecule is C1=C(/C=C/c2ccc(-n3c4ccccc4c4ccccc43)o2)OC(/C=C/c2ccc(-n3c4ccccc4c4ccccc43)o2)=CC1. The summed E-state index contributed by atoms with van der Waals surface area (Å²) in [6.45, 7) is 0. The molecule has 5 heterocycles. The maximum Gasteiger partial charge on any atom is 0.205 e. The number of rotatable bonds is 6. The van der Waals surface area contributed by atoms with Crippen LogP contribution in [-0.4, -0.2) is 9.13 Å². The van der Waals surface area contributed by atoms with Crippen molar-refractivity contribution in [2.75, 3.05) is 0 Å². The van der Waals surface area contributed by atoms with Crippen molar-refractivity contribution in [2.24, 2.45) is 0 Å². The molecule has 0 amide bonds. The van der Waals surface area contributed by atoms with Crippen LogP contribution in [0.2, 0.25) is 0 Å². The smallest absolute Gasteiger partial charge is 0.205 e. The van der Waals surface area contributed by atoms with Gasteiger partial charge in [-0.1, -0.05) is 72.8 Å². The molecule has 0 aliphatic carbocycles. The molecule has 0 bridgehead atoms. The second-order valence-corrected chi connectivity index (χ2v) is 11.3. The highest BCUT2D eigenvalue weighted by Crippen LogP contribution is 2.34. The van der Waals surface area contributed by atoms with Crippen molar-refractivity contribution in [3.63, 3.8) is 0 Å². The van der Waals surface area contributed by atoms with Crippen LogP contribution in [-0.2, 0) is 4.74 Å². The van der Waals surface area contributed by atoms with E-state index >= 15 is 0 Å². The van der Waals surface area contributed by atoms with Gasteiger partial charge in [0.15, 0.2) is 0 Å². The molecule has 0 saturated carbocycles. The lowest BCUT2D eigenvalue weighted by atomic mass is 10.2. The second kappa shape index (κ2) is 10.8. The molecule has 0 fully saturated rings. The Bertz CT molecular complexity index is 2260. The lowest BCUT2D eigenvalue weighted by Gasteiger charge is -2.11. The first-order valence-corrected chi connectivity index (χ1v) is 15.4. The lowest BCUT2D eigenvalue weighted by Crippen LogP contribution is -1.93. The molecule has 5 nitrogen and oxygen atoms in total. The van der Waals surface area contributed by atoms with Gasteiger partial charge >= 0.3 is 0 Å². The molecular formula is C41H28N2O3. The maximum absolute atomic E-state index is 6.30. The van der Waals surface area contributed by atoms with Gasteiger partial charge in [-0.15, -0.1) is 0 Å². The Morgan fingerprint density at radius 3 is 1.17 bits per heavy atom. The number of fused-ring (bicyclic) bond motifs is 6. The van der Waals surface area contributed by atoms with Gasteiger partial charge in [0.1, 0.15) is 23.0 Å². The van der Waals surface area contributed by atoms with Crippen molar-refractivity contribution < 1.29 is 13.6 Å². The van der Waals surface area contributed by atoms with E-state index in [1.54, 1.807) is 0 Å². The Hall–Kier alpha value is -6.20. The van der Waals surface area contributed by atoms with E-state index in [0.717, 1.165) is 63.3 Å². The average molecular weight is 597 g/mol. The normalized spacial score (nSPS) is 13.8. The van der Waals surface area contributed by atoms with E-state index in [4.69, 9.17) is 13.6 Å². The number of nitrogens with zero attached hydrogens (tertiary/aromatic N) is 2. The van der Waals surface area contributed by atoms with Gasteiger partial charge in [0.05, 0.1) is 22.1 Å². The number of hydrogen-bond acceptors (Lipinski definition) is 3. The van der Waals surface area contributed by atoms with E-state index in [1.807, 2.05) is 48.6 Å². The van der Waals surface area contributed by atoms with Gasteiger partial charge in [-0.25, -0.2) is 0 Å². The standard InChI is InChI=1S/C41H28N2O3/c1-5-16-36-32(12-1)33-13-2-6-17-37(33)42(36)40-26-24-30(45-40)22-20-28-10-9-11-29(44-28)21-23-31-25-27-41(46-31)43-38-18-7-3-14-34(38)35-15-4-8-19-39(35)43/h1-8,10-27H,9H2/b22-20+,23-21+. The Kier molecular flexibility index (Phi) is 6.13. The number of hydrogen-bond donors (Lipinski definition) is 0. The van der Waals surface area contributed by atoms with Gasteiger partial charge in [-0.05, 0) is 79.3 Å². The number of ether oxygens (including phenoxy) is 1. The predicted molar refractivity (Wildman–Crippen MR) is 186 cm³/mol. The van der Waals surface area contributed by atoms with Gasteiger partial charge < -0.3 is 13.6 Å². The molecule has 1 aliphatic heterocycles. The number of aromatic nitrogens is 2. The molecule has 220 valence electrons. The zero-order valence-corrected chi connectivity index (χ0v) is 24.8. The van der Waals surface area contributed by atoms with Gasteiger partial charge in [-0.3, -0.25) is 9.13 Å². The van der Waals surface area contributed by atoms with Crippen molar-refractivity contribution in [2.45, 2.75) is 6.42 Å². The monoisotopic (exact) mass is 596 g/mol. The highest BCUT2D eigenvalue weighted by atomic mass is 16.5. The molecule has 4 aromatic heterocycles. The summed E-state index contributed by atoms with van der Waals surface area (Å²) in [6, 6.07) is 41.7. The van der Waals surface area contributed by atoms with Crippen LogP contribution in [0.3, 0.4) is 0 Å². The minimum atomic E-state index is 0.751. The first kappa shape index (κ1) is 26.2. The van der Waals surface area contributed by atoms with E-state index in [9.17, 15) is 0 Å². The molecule has 46 heavy (non-hydrogen) atoms. The summed E-state index contributed by atoms with van der Waals surface area (Å²) in [5, 5.41) is 4.82. The Morgan fingerprint density at radius 2 is 0.783 bits per heavy atom. The van der Waals surface area contributed by atoms with E-state index < -0.39 is 0 Å². The van der Waals surface area contributed by atoms with E-state index in [0.29, 0.717) is 0 Å². The first-order chi connectivity index (χ1) is 22.8. The maximum atomic E-state index is 6.30. The van der Waals surface area contributed by atoms with E-state index in [2.05, 4.69) is 118 Å². The van der Waals surface area contributed by atoms with Crippen molar-refractivity contribution >= 4 is 55.8 Å². The Morgan fingerprint density at radius 1 is 0.413 bits per heavy atom. The quantitative estimate of drug-likeness (QED) is 0.192. The summed E-state index contributed by atoms with van der Waals surface area (Å²) in [4.78, 5) is 0. The summed E-state index contributed by atoms with van der Waals surface area (Å²) >= 11 is 0. The molecule has 0 unspecified atom stereocenters. The molecule has 0 N–H and O–H groups in total. The van der Waals surface area contributed by atoms with Crippen molar-refractivity contribution in [3.05, 3.63) is 169 Å². The molecule has 0 atom stereocenters. The van der Waals surface area contributed by atoms with Crippen LogP contribution in [0.25, 0.3) is 67.5 Å². The third kappa shape index (κ3) is 4.41. The first-order valence-electron chi connectivity index (χ1n) is 15.4. The summed E-state index contributed by atoms with van der Waals surface area (Å²) in [6.07, 6.45) is 12.7. The zero-order chi connectivity index (χ0) is 30.5. The van der Waals surface area contributed by atoms with Crippen LogP contribution < -0.4 is 0 Å².